The van der Waals surface area contributed by atoms with E-state index in [0.29, 0.717) is 0 Å². The van der Waals surface area contributed by atoms with Gasteiger partial charge in [0.1, 0.15) is 0 Å². The number of ether oxygens (including phenoxy) is 2. The van der Waals surface area contributed by atoms with Gasteiger partial charge in [0, 0.05) is 25.9 Å². The molecule has 0 aromatic rings. The molecular weight excluding hydrogens is 226 g/mol. The van der Waals surface area contributed by atoms with Gasteiger partial charge in [-0.3, -0.25) is 0 Å². The van der Waals surface area contributed by atoms with E-state index < -0.39 is 0 Å². The van der Waals surface area contributed by atoms with Crippen molar-refractivity contribution in [2.75, 3.05) is 19.7 Å². The molecule has 2 rings (SSSR count). The van der Waals surface area contributed by atoms with Crippen molar-refractivity contribution in [1.82, 2.24) is 5.32 Å². The first-order valence-electron chi connectivity index (χ1n) is 7.56. The highest BCUT2D eigenvalue weighted by Gasteiger charge is 2.49. The number of hydrogen-bond donors (Lipinski definition) is 1. The predicted molar refractivity (Wildman–Crippen MR) is 73.9 cm³/mol. The summed E-state index contributed by atoms with van der Waals surface area (Å²) in [5.74, 6) is 0. The van der Waals surface area contributed by atoms with Gasteiger partial charge in [-0.15, -0.1) is 0 Å². The zero-order valence-corrected chi connectivity index (χ0v) is 12.5. The summed E-state index contributed by atoms with van der Waals surface area (Å²) >= 11 is 0. The molecule has 0 saturated carbocycles. The van der Waals surface area contributed by atoms with Crippen LogP contribution < -0.4 is 5.32 Å². The van der Waals surface area contributed by atoms with Crippen molar-refractivity contribution in [2.45, 2.75) is 76.6 Å². The number of nitrogens with one attached hydrogen (secondary N) is 1. The summed E-state index contributed by atoms with van der Waals surface area (Å²) < 4.78 is 12.6. The Kier molecular flexibility index (Phi) is 4.05. The third-order valence-corrected chi connectivity index (χ3v) is 5.07. The molecule has 0 aliphatic carbocycles. The first-order chi connectivity index (χ1) is 8.51. The standard InChI is InChI=1S/C15H29NO2/c1-5-13(4)10-15(8-9-17-13)12-16-11-14(6-2,7-3)18-15/h16H,5-12H2,1-4H3. The molecule has 2 saturated heterocycles. The fourth-order valence-electron chi connectivity index (χ4n) is 3.46. The van der Waals surface area contributed by atoms with Crippen molar-refractivity contribution >= 4 is 0 Å². The minimum atomic E-state index is -0.00943. The van der Waals surface area contributed by atoms with Crippen LogP contribution in [0.25, 0.3) is 0 Å². The van der Waals surface area contributed by atoms with Crippen LogP contribution in [-0.2, 0) is 9.47 Å². The quantitative estimate of drug-likeness (QED) is 0.841. The molecule has 2 atom stereocenters. The molecule has 2 aliphatic rings. The molecule has 2 heterocycles. The third kappa shape index (κ3) is 2.59. The fourth-order valence-corrected chi connectivity index (χ4v) is 3.46. The lowest BCUT2D eigenvalue weighted by molar-refractivity contribution is -0.240. The molecule has 2 aliphatic heterocycles. The highest BCUT2D eigenvalue weighted by Crippen LogP contribution is 2.42. The molecule has 3 heteroatoms. The zero-order valence-electron chi connectivity index (χ0n) is 12.5. The van der Waals surface area contributed by atoms with Crippen molar-refractivity contribution < 1.29 is 9.47 Å². The number of hydrogen-bond acceptors (Lipinski definition) is 3. The zero-order chi connectivity index (χ0) is 13.3. The van der Waals surface area contributed by atoms with Crippen molar-refractivity contribution in [3.05, 3.63) is 0 Å². The minimum absolute atomic E-state index is 0.00667. The lowest BCUT2D eigenvalue weighted by Crippen LogP contribution is -2.64. The van der Waals surface area contributed by atoms with Crippen LogP contribution in [0.3, 0.4) is 0 Å². The normalized spacial score (nSPS) is 40.0. The molecule has 0 radical (unpaired) electrons. The SMILES string of the molecule is CCC1(C)CC2(CCO1)CNCC(CC)(CC)O2. The van der Waals surface area contributed by atoms with E-state index in [1.165, 1.54) is 0 Å². The number of rotatable bonds is 3. The van der Waals surface area contributed by atoms with Crippen LogP contribution in [0.2, 0.25) is 0 Å². The Balaban J connectivity index is 2.15. The maximum Gasteiger partial charge on any atom is 0.0863 e. The average Bonchev–Trinajstić information content (AvgIpc) is 2.38. The van der Waals surface area contributed by atoms with Crippen LogP contribution in [0.5, 0.6) is 0 Å². The molecule has 0 aromatic heterocycles. The van der Waals surface area contributed by atoms with Gasteiger partial charge in [-0.05, 0) is 26.2 Å². The van der Waals surface area contributed by atoms with E-state index in [0.717, 1.165) is 51.8 Å². The molecule has 1 spiro atoms. The van der Waals surface area contributed by atoms with Crippen LogP contribution in [0.4, 0.5) is 0 Å². The van der Waals surface area contributed by atoms with E-state index in [-0.39, 0.29) is 16.8 Å². The van der Waals surface area contributed by atoms with Crippen molar-refractivity contribution in [2.24, 2.45) is 0 Å². The van der Waals surface area contributed by atoms with Gasteiger partial charge in [0.25, 0.3) is 0 Å². The Hall–Kier alpha value is -0.120. The maximum absolute atomic E-state index is 6.66. The second kappa shape index (κ2) is 5.10. The molecule has 106 valence electrons. The van der Waals surface area contributed by atoms with Gasteiger partial charge >= 0.3 is 0 Å². The lowest BCUT2D eigenvalue weighted by atomic mass is 9.79. The Morgan fingerprint density at radius 3 is 2.39 bits per heavy atom. The molecule has 0 aromatic carbocycles. The summed E-state index contributed by atoms with van der Waals surface area (Å²) in [5.41, 5.74) is 0.0159. The maximum atomic E-state index is 6.66. The largest absolute Gasteiger partial charge is 0.375 e. The van der Waals surface area contributed by atoms with Gasteiger partial charge in [-0.25, -0.2) is 0 Å². The van der Waals surface area contributed by atoms with E-state index in [2.05, 4.69) is 33.0 Å². The van der Waals surface area contributed by atoms with Crippen LogP contribution in [0.15, 0.2) is 0 Å². The smallest absolute Gasteiger partial charge is 0.0863 e. The second-order valence-electron chi connectivity index (χ2n) is 6.36. The third-order valence-electron chi connectivity index (χ3n) is 5.07. The summed E-state index contributed by atoms with van der Waals surface area (Å²) in [6.45, 7) is 11.7. The topological polar surface area (TPSA) is 30.5 Å². The van der Waals surface area contributed by atoms with E-state index in [1.54, 1.807) is 0 Å². The van der Waals surface area contributed by atoms with Gasteiger partial charge in [0.05, 0.1) is 23.4 Å². The molecular formula is C15H29NO2. The lowest BCUT2D eigenvalue weighted by Gasteiger charge is -2.53. The van der Waals surface area contributed by atoms with Gasteiger partial charge in [0.2, 0.25) is 0 Å². The van der Waals surface area contributed by atoms with Crippen LogP contribution in [0.1, 0.15) is 59.8 Å². The monoisotopic (exact) mass is 255 g/mol. The first kappa shape index (κ1) is 14.3. The molecule has 1 N–H and O–H groups in total. The van der Waals surface area contributed by atoms with Gasteiger partial charge < -0.3 is 14.8 Å². The number of morpholine rings is 1. The Morgan fingerprint density at radius 1 is 1.06 bits per heavy atom. The van der Waals surface area contributed by atoms with E-state index in [1.807, 2.05) is 0 Å². The summed E-state index contributed by atoms with van der Waals surface area (Å²) in [7, 11) is 0. The van der Waals surface area contributed by atoms with Gasteiger partial charge in [0.15, 0.2) is 0 Å². The summed E-state index contributed by atoms with van der Waals surface area (Å²) in [6, 6.07) is 0. The highest BCUT2D eigenvalue weighted by atomic mass is 16.5. The van der Waals surface area contributed by atoms with E-state index in [9.17, 15) is 0 Å². The minimum Gasteiger partial charge on any atom is -0.375 e. The molecule has 0 bridgehead atoms. The molecule has 3 nitrogen and oxygen atoms in total. The fraction of sp³-hybridized carbons (Fsp3) is 1.00. The molecule has 0 amide bonds. The molecule has 2 unspecified atom stereocenters. The summed E-state index contributed by atoms with van der Waals surface area (Å²) in [6.07, 6.45) is 5.27. The van der Waals surface area contributed by atoms with Crippen molar-refractivity contribution in [1.29, 1.82) is 0 Å². The average molecular weight is 255 g/mol. The van der Waals surface area contributed by atoms with Crippen LogP contribution in [0, 0.1) is 0 Å². The first-order valence-corrected chi connectivity index (χ1v) is 7.56. The highest BCUT2D eigenvalue weighted by molar-refractivity contribution is 5.01. The van der Waals surface area contributed by atoms with Crippen molar-refractivity contribution in [3.63, 3.8) is 0 Å². The van der Waals surface area contributed by atoms with Gasteiger partial charge in [-0.2, -0.15) is 0 Å². The molecule has 18 heavy (non-hydrogen) atoms. The Bertz CT molecular complexity index is 286. The van der Waals surface area contributed by atoms with Gasteiger partial charge in [-0.1, -0.05) is 20.8 Å². The van der Waals surface area contributed by atoms with Crippen molar-refractivity contribution in [3.8, 4) is 0 Å². The van der Waals surface area contributed by atoms with E-state index >= 15 is 0 Å². The predicted octanol–water partition coefficient (Wildman–Crippen LogP) is 2.88. The second-order valence-corrected chi connectivity index (χ2v) is 6.36. The van der Waals surface area contributed by atoms with Crippen LogP contribution in [-0.4, -0.2) is 36.5 Å². The summed E-state index contributed by atoms with van der Waals surface area (Å²) in [4.78, 5) is 0. The molecule has 2 fully saturated rings. The Morgan fingerprint density at radius 2 is 1.78 bits per heavy atom. The van der Waals surface area contributed by atoms with Crippen LogP contribution >= 0.6 is 0 Å². The van der Waals surface area contributed by atoms with E-state index in [4.69, 9.17) is 9.47 Å². The summed E-state index contributed by atoms with van der Waals surface area (Å²) in [5, 5.41) is 3.62. The Labute approximate surface area is 112 Å².